The van der Waals surface area contributed by atoms with Crippen molar-refractivity contribution in [2.24, 2.45) is 5.84 Å². The Labute approximate surface area is 122 Å². The Morgan fingerprint density at radius 1 is 1.55 bits per heavy atom. The second-order valence-electron chi connectivity index (χ2n) is 5.04. The molecule has 3 N–H and O–H groups in total. The monoisotopic (exact) mass is 296 g/mol. The molecule has 2 rings (SSSR count). The number of hydrazine groups is 1. The van der Waals surface area contributed by atoms with Crippen LogP contribution in [0.25, 0.3) is 0 Å². The molecule has 0 saturated carbocycles. The smallest absolute Gasteiger partial charge is 0.293 e. The van der Waals surface area contributed by atoms with Crippen LogP contribution in [0.3, 0.4) is 0 Å². The van der Waals surface area contributed by atoms with Crippen molar-refractivity contribution in [2.75, 3.05) is 17.7 Å². The lowest BCUT2D eigenvalue weighted by atomic mass is 10.1. The molecule has 0 aliphatic carbocycles. The third kappa shape index (κ3) is 3.23. The van der Waals surface area contributed by atoms with Crippen LogP contribution >= 0.6 is 11.8 Å². The van der Waals surface area contributed by atoms with E-state index in [0.29, 0.717) is 17.0 Å². The van der Waals surface area contributed by atoms with Crippen molar-refractivity contribution in [2.45, 2.75) is 31.7 Å². The number of hydrogen-bond acceptors (Lipinski definition) is 6. The highest BCUT2D eigenvalue weighted by Gasteiger charge is 2.25. The minimum atomic E-state index is -0.429. The normalized spacial score (nSPS) is 23.6. The highest BCUT2D eigenvalue weighted by atomic mass is 32.2. The molecule has 1 heterocycles. The van der Waals surface area contributed by atoms with Gasteiger partial charge in [-0.05, 0) is 18.6 Å². The summed E-state index contributed by atoms with van der Waals surface area (Å²) in [5, 5.41) is 11.5. The Morgan fingerprint density at radius 2 is 2.30 bits per heavy atom. The van der Waals surface area contributed by atoms with Crippen LogP contribution in [0.2, 0.25) is 0 Å². The lowest BCUT2D eigenvalue weighted by Gasteiger charge is -2.37. The van der Waals surface area contributed by atoms with Gasteiger partial charge < -0.3 is 5.43 Å². The van der Waals surface area contributed by atoms with E-state index in [2.05, 4.69) is 24.2 Å². The van der Waals surface area contributed by atoms with Crippen LogP contribution in [0, 0.1) is 10.1 Å². The molecular weight excluding hydrogens is 276 g/mol. The van der Waals surface area contributed by atoms with Crippen molar-refractivity contribution >= 4 is 23.1 Å². The molecule has 1 saturated heterocycles. The molecule has 0 spiro atoms. The summed E-state index contributed by atoms with van der Waals surface area (Å²) in [4.78, 5) is 12.8. The number of nitrogens with one attached hydrogen (secondary N) is 1. The predicted molar refractivity (Wildman–Crippen MR) is 82.7 cm³/mol. The van der Waals surface area contributed by atoms with Gasteiger partial charge in [0, 0.05) is 36.2 Å². The van der Waals surface area contributed by atoms with Crippen LogP contribution in [0.5, 0.6) is 0 Å². The summed E-state index contributed by atoms with van der Waals surface area (Å²) < 4.78 is 0. The van der Waals surface area contributed by atoms with Gasteiger partial charge in [0.15, 0.2) is 0 Å². The molecule has 20 heavy (non-hydrogen) atoms. The first kappa shape index (κ1) is 15.1. The zero-order valence-electron chi connectivity index (χ0n) is 11.7. The summed E-state index contributed by atoms with van der Waals surface area (Å²) >= 11 is 1.99. The van der Waals surface area contributed by atoms with E-state index in [1.807, 2.05) is 11.8 Å². The molecule has 0 bridgehead atoms. The van der Waals surface area contributed by atoms with E-state index in [0.717, 1.165) is 24.4 Å². The fraction of sp³-hybridized carbons (Fsp3) is 0.538. The molecule has 1 aliphatic heterocycles. The molecule has 6 nitrogen and oxygen atoms in total. The maximum atomic E-state index is 10.9. The topological polar surface area (TPSA) is 84.4 Å². The largest absolute Gasteiger partial charge is 0.318 e. The average molecular weight is 296 g/mol. The highest BCUT2D eigenvalue weighted by molar-refractivity contribution is 8.00. The number of nitrogens with zero attached hydrogens (tertiary/aromatic N) is 2. The first-order valence-electron chi connectivity index (χ1n) is 6.62. The Kier molecular flexibility index (Phi) is 4.85. The lowest BCUT2D eigenvalue weighted by Crippen LogP contribution is -2.43. The summed E-state index contributed by atoms with van der Waals surface area (Å²) in [7, 11) is 0. The Bertz CT molecular complexity index is 497. The number of benzene rings is 1. The van der Waals surface area contributed by atoms with E-state index in [1.165, 1.54) is 6.07 Å². The fourth-order valence-electron chi connectivity index (χ4n) is 2.41. The maximum absolute atomic E-state index is 10.9. The Hall–Kier alpha value is -1.31. The number of nitro benzene ring substituents is 1. The molecule has 0 aromatic heterocycles. The van der Waals surface area contributed by atoms with Gasteiger partial charge in [-0.2, -0.15) is 11.8 Å². The minimum Gasteiger partial charge on any atom is -0.318 e. The Balaban J connectivity index is 2.15. The van der Waals surface area contributed by atoms with Crippen molar-refractivity contribution in [1.82, 2.24) is 4.90 Å². The predicted octanol–water partition coefficient (Wildman–Crippen LogP) is 2.21. The summed E-state index contributed by atoms with van der Waals surface area (Å²) in [6, 6.07) is 5.57. The fourth-order valence-corrected chi connectivity index (χ4v) is 3.57. The van der Waals surface area contributed by atoms with Gasteiger partial charge in [-0.1, -0.05) is 13.0 Å². The first-order valence-corrected chi connectivity index (χ1v) is 7.67. The quantitative estimate of drug-likeness (QED) is 0.503. The molecule has 2 unspecified atom stereocenters. The van der Waals surface area contributed by atoms with Crippen LogP contribution in [-0.2, 0) is 6.54 Å². The van der Waals surface area contributed by atoms with Crippen molar-refractivity contribution in [1.29, 1.82) is 0 Å². The van der Waals surface area contributed by atoms with E-state index in [-0.39, 0.29) is 5.69 Å². The molecule has 110 valence electrons. The molecule has 1 aromatic carbocycles. The third-order valence-corrected chi connectivity index (χ3v) is 5.15. The molecule has 2 atom stereocenters. The SMILES string of the molecule is CC1SCCN(Cc2ccc([N+](=O)[O-])c(NN)c2)C1C. The number of nitrogens with two attached hydrogens (primary N) is 1. The van der Waals surface area contributed by atoms with E-state index in [9.17, 15) is 10.1 Å². The Morgan fingerprint density at radius 3 is 2.95 bits per heavy atom. The number of hydrogen-bond donors (Lipinski definition) is 2. The van der Waals surface area contributed by atoms with E-state index in [4.69, 9.17) is 5.84 Å². The second kappa shape index (κ2) is 6.43. The maximum Gasteiger partial charge on any atom is 0.293 e. The standard InChI is InChI=1S/C13H20N4O2S/c1-9-10(2)20-6-5-16(9)8-11-3-4-13(17(18)19)12(7-11)15-14/h3-4,7,9-10,15H,5-6,8,14H2,1-2H3. The summed E-state index contributed by atoms with van der Waals surface area (Å²) in [6.07, 6.45) is 0. The zero-order valence-corrected chi connectivity index (χ0v) is 12.5. The zero-order chi connectivity index (χ0) is 14.7. The highest BCUT2D eigenvalue weighted by Crippen LogP contribution is 2.28. The van der Waals surface area contributed by atoms with Crippen molar-refractivity contribution < 1.29 is 4.92 Å². The number of nitro groups is 1. The van der Waals surface area contributed by atoms with Crippen molar-refractivity contribution in [3.63, 3.8) is 0 Å². The van der Waals surface area contributed by atoms with Gasteiger partial charge in [-0.15, -0.1) is 0 Å². The number of thioether (sulfide) groups is 1. The minimum absolute atomic E-state index is 0.00636. The van der Waals surface area contributed by atoms with Crippen LogP contribution in [0.4, 0.5) is 11.4 Å². The average Bonchev–Trinajstić information content (AvgIpc) is 2.43. The van der Waals surface area contributed by atoms with Gasteiger partial charge in [-0.3, -0.25) is 20.9 Å². The number of rotatable bonds is 4. The lowest BCUT2D eigenvalue weighted by molar-refractivity contribution is -0.384. The van der Waals surface area contributed by atoms with Crippen molar-refractivity contribution in [3.05, 3.63) is 33.9 Å². The first-order chi connectivity index (χ1) is 9.52. The van der Waals surface area contributed by atoms with E-state index < -0.39 is 4.92 Å². The summed E-state index contributed by atoms with van der Waals surface area (Å²) in [5.41, 5.74) is 3.81. The van der Waals surface area contributed by atoms with Crippen LogP contribution in [-0.4, -0.2) is 33.4 Å². The van der Waals surface area contributed by atoms with Crippen molar-refractivity contribution in [3.8, 4) is 0 Å². The molecular formula is C13H20N4O2S. The van der Waals surface area contributed by atoms with Gasteiger partial charge in [0.25, 0.3) is 5.69 Å². The van der Waals surface area contributed by atoms with E-state index in [1.54, 1.807) is 12.1 Å². The van der Waals surface area contributed by atoms with Crippen LogP contribution in [0.15, 0.2) is 18.2 Å². The van der Waals surface area contributed by atoms with Gasteiger partial charge in [0.1, 0.15) is 5.69 Å². The van der Waals surface area contributed by atoms with E-state index >= 15 is 0 Å². The summed E-state index contributed by atoms with van der Waals surface area (Å²) in [6.45, 7) is 6.30. The molecule has 1 fully saturated rings. The molecule has 0 radical (unpaired) electrons. The third-order valence-electron chi connectivity index (χ3n) is 3.81. The van der Waals surface area contributed by atoms with Gasteiger partial charge in [0.2, 0.25) is 0 Å². The molecule has 7 heteroatoms. The van der Waals surface area contributed by atoms with Crippen LogP contribution in [0.1, 0.15) is 19.4 Å². The summed E-state index contributed by atoms with van der Waals surface area (Å²) in [5.74, 6) is 6.49. The molecule has 1 aromatic rings. The van der Waals surface area contributed by atoms with Gasteiger partial charge in [0.05, 0.1) is 4.92 Å². The van der Waals surface area contributed by atoms with Gasteiger partial charge in [-0.25, -0.2) is 0 Å². The number of nitrogen functional groups attached to an aromatic ring is 1. The van der Waals surface area contributed by atoms with Crippen LogP contribution < -0.4 is 11.3 Å². The number of anilines is 1. The van der Waals surface area contributed by atoms with Gasteiger partial charge >= 0.3 is 0 Å². The molecule has 1 aliphatic rings. The second-order valence-corrected chi connectivity index (χ2v) is 6.53. The molecule has 0 amide bonds.